The molecule has 1 unspecified atom stereocenters. The second kappa shape index (κ2) is 4.55. The summed E-state index contributed by atoms with van der Waals surface area (Å²) in [5.41, 5.74) is 1.34. The first-order valence-corrected chi connectivity index (χ1v) is 4.31. The van der Waals surface area contributed by atoms with Gasteiger partial charge in [-0.2, -0.15) is 0 Å². The third kappa shape index (κ3) is 2.82. The zero-order chi connectivity index (χ0) is 9.68. The predicted octanol–water partition coefficient (Wildman–Crippen LogP) is 2.40. The van der Waals surface area contributed by atoms with Gasteiger partial charge in [0.1, 0.15) is 0 Å². The quantitative estimate of drug-likeness (QED) is 0.554. The number of nitrogens with one attached hydrogen (secondary N) is 1. The highest BCUT2D eigenvalue weighted by molar-refractivity contribution is 6.26. The van der Waals surface area contributed by atoms with Gasteiger partial charge in [-0.3, -0.25) is 4.79 Å². The van der Waals surface area contributed by atoms with Crippen molar-refractivity contribution >= 4 is 12.0 Å². The maximum atomic E-state index is 10.2. The number of carbonyl (C=O) groups excluding carboxylic acids is 1. The molecule has 0 amide bonds. The van der Waals surface area contributed by atoms with Gasteiger partial charge in [0, 0.05) is 0 Å². The fourth-order valence-corrected chi connectivity index (χ4v) is 1.28. The van der Waals surface area contributed by atoms with E-state index >= 15 is 0 Å². The summed E-state index contributed by atoms with van der Waals surface area (Å²) in [5, 5.41) is 7.25. The van der Waals surface area contributed by atoms with Crippen molar-refractivity contribution in [3.8, 4) is 0 Å². The highest BCUT2D eigenvalue weighted by Crippen LogP contribution is 2.17. The Morgan fingerprint density at radius 2 is 2.08 bits per heavy atom. The van der Waals surface area contributed by atoms with Crippen LogP contribution < -0.4 is 0 Å². The Labute approximate surface area is 78.1 Å². The van der Waals surface area contributed by atoms with Crippen molar-refractivity contribution in [3.05, 3.63) is 35.9 Å². The highest BCUT2D eigenvalue weighted by Gasteiger charge is 2.06. The summed E-state index contributed by atoms with van der Waals surface area (Å²) in [6, 6.07) is 9.93. The topological polar surface area (TPSA) is 40.9 Å². The van der Waals surface area contributed by atoms with Crippen LogP contribution in [-0.4, -0.2) is 12.0 Å². The largest absolute Gasteiger partial charge is 0.302 e. The monoisotopic (exact) mass is 175 g/mol. The van der Waals surface area contributed by atoms with Gasteiger partial charge in [-0.1, -0.05) is 37.3 Å². The maximum absolute atomic E-state index is 10.2. The molecular formula is C11H13NO. The lowest BCUT2D eigenvalue weighted by Crippen LogP contribution is -2.04. The summed E-state index contributed by atoms with van der Waals surface area (Å²) in [4.78, 5) is 10.2. The number of benzene rings is 1. The first-order chi connectivity index (χ1) is 6.24. The van der Waals surface area contributed by atoms with Crippen LogP contribution in [-0.2, 0) is 4.79 Å². The molecule has 0 spiro atoms. The van der Waals surface area contributed by atoms with Crippen LogP contribution in [0.2, 0.25) is 0 Å². The second-order valence-corrected chi connectivity index (χ2v) is 3.16. The van der Waals surface area contributed by atoms with E-state index in [1.807, 2.05) is 37.3 Å². The molecule has 0 aliphatic heterocycles. The zero-order valence-electron chi connectivity index (χ0n) is 7.66. The van der Waals surface area contributed by atoms with Crippen molar-refractivity contribution in [2.24, 2.45) is 0 Å². The van der Waals surface area contributed by atoms with Gasteiger partial charge in [0.25, 0.3) is 0 Å². The van der Waals surface area contributed by atoms with Crippen molar-refractivity contribution in [3.63, 3.8) is 0 Å². The van der Waals surface area contributed by atoms with E-state index < -0.39 is 0 Å². The van der Waals surface area contributed by atoms with Gasteiger partial charge in [-0.25, -0.2) is 0 Å². The molecule has 13 heavy (non-hydrogen) atoms. The van der Waals surface area contributed by atoms with Gasteiger partial charge in [0.2, 0.25) is 0 Å². The van der Waals surface area contributed by atoms with E-state index in [1.165, 1.54) is 5.56 Å². The lowest BCUT2D eigenvalue weighted by Gasteiger charge is -2.09. The van der Waals surface area contributed by atoms with Crippen LogP contribution >= 0.6 is 0 Å². The minimum absolute atomic E-state index is 0.163. The Balaban J connectivity index is 2.63. The number of rotatable bonds is 4. The van der Waals surface area contributed by atoms with Crippen LogP contribution in [0, 0.1) is 5.41 Å². The van der Waals surface area contributed by atoms with Crippen LogP contribution in [0.4, 0.5) is 0 Å². The molecule has 0 aliphatic rings. The molecule has 0 bridgehead atoms. The highest BCUT2D eigenvalue weighted by atomic mass is 16.1. The molecule has 1 atom stereocenters. The molecule has 0 aromatic heterocycles. The average Bonchev–Trinajstić information content (AvgIpc) is 2.19. The third-order valence-electron chi connectivity index (χ3n) is 2.04. The summed E-state index contributed by atoms with van der Waals surface area (Å²) in [7, 11) is 0. The Bertz CT molecular complexity index is 292. The standard InChI is InChI=1S/C11H13NO/c1-9(7-11(12)8-13)10-5-3-2-4-6-10/h2-6,8-9,12H,7H2,1H3. The molecular weight excluding hydrogens is 162 g/mol. The van der Waals surface area contributed by atoms with Gasteiger partial charge < -0.3 is 5.41 Å². The second-order valence-electron chi connectivity index (χ2n) is 3.16. The van der Waals surface area contributed by atoms with Gasteiger partial charge in [-0.15, -0.1) is 0 Å². The van der Waals surface area contributed by atoms with Crippen LogP contribution in [0.15, 0.2) is 30.3 Å². The summed E-state index contributed by atoms with van der Waals surface area (Å²) in [6.45, 7) is 2.02. The summed E-state index contributed by atoms with van der Waals surface area (Å²) in [6.07, 6.45) is 1.13. The fraction of sp³-hybridized carbons (Fsp3) is 0.273. The van der Waals surface area contributed by atoms with Crippen molar-refractivity contribution < 1.29 is 4.79 Å². The molecule has 0 saturated heterocycles. The molecule has 68 valence electrons. The maximum Gasteiger partial charge on any atom is 0.163 e. The lowest BCUT2D eigenvalue weighted by molar-refractivity contribution is -0.102. The Morgan fingerprint density at radius 1 is 1.46 bits per heavy atom. The molecule has 0 aliphatic carbocycles. The molecule has 1 aromatic carbocycles. The van der Waals surface area contributed by atoms with Crippen molar-refractivity contribution in [2.75, 3.05) is 0 Å². The van der Waals surface area contributed by atoms with Crippen molar-refractivity contribution in [1.29, 1.82) is 5.41 Å². The van der Waals surface area contributed by atoms with Crippen molar-refractivity contribution in [1.82, 2.24) is 0 Å². The van der Waals surface area contributed by atoms with Crippen LogP contribution in [0.5, 0.6) is 0 Å². The Hall–Kier alpha value is -1.44. The molecule has 2 heteroatoms. The van der Waals surface area contributed by atoms with E-state index in [4.69, 9.17) is 5.41 Å². The predicted molar refractivity (Wildman–Crippen MR) is 53.3 cm³/mol. The molecule has 1 N–H and O–H groups in total. The Morgan fingerprint density at radius 3 is 2.62 bits per heavy atom. The van der Waals surface area contributed by atoms with E-state index in [9.17, 15) is 4.79 Å². The van der Waals surface area contributed by atoms with Crippen LogP contribution in [0.1, 0.15) is 24.8 Å². The summed E-state index contributed by atoms with van der Waals surface area (Å²) < 4.78 is 0. The fourth-order valence-electron chi connectivity index (χ4n) is 1.28. The molecule has 1 rings (SSSR count). The molecule has 2 nitrogen and oxygen atoms in total. The minimum Gasteiger partial charge on any atom is -0.302 e. The molecule has 0 heterocycles. The first kappa shape index (κ1) is 9.65. The lowest BCUT2D eigenvalue weighted by atomic mass is 9.96. The van der Waals surface area contributed by atoms with E-state index in [1.54, 1.807) is 0 Å². The van der Waals surface area contributed by atoms with E-state index in [0.717, 1.165) is 0 Å². The van der Waals surface area contributed by atoms with Crippen molar-refractivity contribution in [2.45, 2.75) is 19.3 Å². The average molecular weight is 175 g/mol. The summed E-state index contributed by atoms with van der Waals surface area (Å²) >= 11 is 0. The Kier molecular flexibility index (Phi) is 3.38. The van der Waals surface area contributed by atoms with E-state index in [-0.39, 0.29) is 11.6 Å². The molecule has 0 fully saturated rings. The van der Waals surface area contributed by atoms with Crippen LogP contribution in [0.3, 0.4) is 0 Å². The van der Waals surface area contributed by atoms with Gasteiger partial charge in [0.05, 0.1) is 5.71 Å². The normalized spacial score (nSPS) is 12.1. The third-order valence-corrected chi connectivity index (χ3v) is 2.04. The number of aldehydes is 1. The minimum atomic E-state index is 0.163. The summed E-state index contributed by atoms with van der Waals surface area (Å²) in [5.74, 6) is 0.249. The van der Waals surface area contributed by atoms with Gasteiger partial charge in [-0.05, 0) is 17.9 Å². The van der Waals surface area contributed by atoms with E-state index in [0.29, 0.717) is 12.7 Å². The van der Waals surface area contributed by atoms with Crippen LogP contribution in [0.25, 0.3) is 0 Å². The van der Waals surface area contributed by atoms with Gasteiger partial charge in [0.15, 0.2) is 6.29 Å². The SMILES string of the molecule is CC(CC(=N)C=O)c1ccccc1. The molecule has 0 radical (unpaired) electrons. The molecule has 0 saturated carbocycles. The van der Waals surface area contributed by atoms with E-state index in [2.05, 4.69) is 0 Å². The van der Waals surface area contributed by atoms with Gasteiger partial charge >= 0.3 is 0 Å². The number of carbonyl (C=O) groups is 1. The number of hydrogen-bond donors (Lipinski definition) is 1. The zero-order valence-corrected chi connectivity index (χ0v) is 7.66. The molecule has 1 aromatic rings. The number of hydrogen-bond acceptors (Lipinski definition) is 2. The smallest absolute Gasteiger partial charge is 0.163 e. The first-order valence-electron chi connectivity index (χ1n) is 4.31.